The van der Waals surface area contributed by atoms with Gasteiger partial charge in [-0.25, -0.2) is 9.97 Å². The number of anilines is 2. The third kappa shape index (κ3) is 7.59. The third-order valence-electron chi connectivity index (χ3n) is 7.16. The molecule has 4 aromatic heterocycles. The van der Waals surface area contributed by atoms with Crippen LogP contribution in [0.4, 0.5) is 11.6 Å². The van der Waals surface area contributed by atoms with E-state index in [4.69, 9.17) is 9.47 Å². The van der Waals surface area contributed by atoms with E-state index in [1.54, 1.807) is 63.0 Å². The van der Waals surface area contributed by atoms with Crippen molar-refractivity contribution in [3.8, 4) is 11.8 Å². The van der Waals surface area contributed by atoms with Gasteiger partial charge in [0.05, 0.1) is 38.4 Å². The summed E-state index contributed by atoms with van der Waals surface area (Å²) in [4.78, 5) is 33.1. The van der Waals surface area contributed by atoms with Gasteiger partial charge < -0.3 is 20.1 Å². The van der Waals surface area contributed by atoms with E-state index in [1.165, 1.54) is 0 Å². The first-order valence-corrected chi connectivity index (χ1v) is 13.7. The van der Waals surface area contributed by atoms with Gasteiger partial charge in [-0.2, -0.15) is 10.2 Å². The Labute approximate surface area is 243 Å². The SMILES string of the molecule is COc1ccc(CC(=O)Nc2ccc(C3CCCC(c4ccc(NC(=O)Cc5ccc(OC)nc5)nn4)C3)nn2)cn1. The Morgan fingerprint density at radius 1 is 0.690 bits per heavy atom. The maximum atomic E-state index is 12.4. The lowest BCUT2D eigenvalue weighted by Gasteiger charge is -2.28. The molecule has 0 radical (unpaired) electrons. The summed E-state index contributed by atoms with van der Waals surface area (Å²) >= 11 is 0. The van der Waals surface area contributed by atoms with Crippen LogP contribution in [0.2, 0.25) is 0 Å². The molecule has 0 aromatic carbocycles. The monoisotopic (exact) mass is 568 g/mol. The van der Waals surface area contributed by atoms with Gasteiger partial charge in [-0.1, -0.05) is 18.6 Å². The molecule has 0 spiro atoms. The first kappa shape index (κ1) is 28.5. The normalized spacial score (nSPS) is 16.3. The van der Waals surface area contributed by atoms with Gasteiger partial charge in [-0.05, 0) is 54.7 Å². The number of pyridine rings is 2. The minimum atomic E-state index is -0.197. The molecule has 0 bridgehead atoms. The van der Waals surface area contributed by atoms with Gasteiger partial charge in [-0.3, -0.25) is 9.59 Å². The van der Waals surface area contributed by atoms with E-state index >= 15 is 0 Å². The fourth-order valence-electron chi connectivity index (χ4n) is 5.00. The van der Waals surface area contributed by atoms with E-state index < -0.39 is 0 Å². The zero-order valence-electron chi connectivity index (χ0n) is 23.5. The zero-order chi connectivity index (χ0) is 29.3. The molecule has 5 rings (SSSR count). The first-order chi connectivity index (χ1) is 20.5. The second-order valence-corrected chi connectivity index (χ2v) is 10.1. The fraction of sp³-hybridized carbons (Fsp3) is 0.333. The molecule has 12 heteroatoms. The number of rotatable bonds is 10. The molecule has 0 saturated heterocycles. The molecule has 2 N–H and O–H groups in total. The van der Waals surface area contributed by atoms with Crippen LogP contribution in [0.3, 0.4) is 0 Å². The van der Waals surface area contributed by atoms with Crippen LogP contribution in [0.5, 0.6) is 11.8 Å². The molecule has 216 valence electrons. The van der Waals surface area contributed by atoms with Crippen molar-refractivity contribution in [1.29, 1.82) is 0 Å². The third-order valence-corrected chi connectivity index (χ3v) is 7.16. The number of ether oxygens (including phenoxy) is 2. The predicted octanol–water partition coefficient (Wildman–Crippen LogP) is 3.88. The van der Waals surface area contributed by atoms with Crippen molar-refractivity contribution in [3.05, 3.63) is 83.4 Å². The molecule has 1 aliphatic rings. The summed E-state index contributed by atoms with van der Waals surface area (Å²) in [5.74, 6) is 1.87. The van der Waals surface area contributed by atoms with Crippen molar-refractivity contribution in [3.63, 3.8) is 0 Å². The molecule has 2 atom stereocenters. The molecule has 4 aromatic rings. The minimum Gasteiger partial charge on any atom is -0.481 e. The van der Waals surface area contributed by atoms with Crippen molar-refractivity contribution in [2.45, 2.75) is 50.4 Å². The Morgan fingerprint density at radius 3 is 1.52 bits per heavy atom. The summed E-state index contributed by atoms with van der Waals surface area (Å²) in [7, 11) is 3.09. The van der Waals surface area contributed by atoms with Gasteiger partial charge >= 0.3 is 0 Å². The van der Waals surface area contributed by atoms with Crippen molar-refractivity contribution >= 4 is 23.5 Å². The highest BCUT2D eigenvalue weighted by Gasteiger charge is 2.27. The molecule has 2 unspecified atom stereocenters. The second kappa shape index (κ2) is 13.6. The lowest BCUT2D eigenvalue weighted by molar-refractivity contribution is -0.116. The molecule has 1 aliphatic carbocycles. The average molecular weight is 569 g/mol. The summed E-state index contributed by atoms with van der Waals surface area (Å²) in [6.07, 6.45) is 7.48. The Bertz CT molecular complexity index is 1370. The standard InChI is InChI=1S/C30H32N8O4/c1-41-29-12-6-19(17-31-29)14-27(39)33-25-10-8-23(35-37-25)21-4-3-5-22(16-21)24-9-11-26(38-36-24)34-28(40)15-20-7-13-30(42-2)32-18-20/h6-13,17-18,21-22H,3-5,14-16H2,1-2H3,(H,33,37,39)(H,34,38,40). The van der Waals surface area contributed by atoms with E-state index in [0.717, 1.165) is 48.2 Å². The van der Waals surface area contributed by atoms with Gasteiger partial charge in [0.25, 0.3) is 0 Å². The van der Waals surface area contributed by atoms with Crippen molar-refractivity contribution in [2.75, 3.05) is 24.9 Å². The van der Waals surface area contributed by atoms with Crippen molar-refractivity contribution in [2.24, 2.45) is 0 Å². The highest BCUT2D eigenvalue weighted by molar-refractivity contribution is 5.91. The zero-order valence-corrected chi connectivity index (χ0v) is 23.5. The van der Waals surface area contributed by atoms with Gasteiger partial charge in [0.15, 0.2) is 11.6 Å². The van der Waals surface area contributed by atoms with E-state index in [2.05, 4.69) is 41.0 Å². The number of hydrogen-bond acceptors (Lipinski definition) is 10. The lowest BCUT2D eigenvalue weighted by atomic mass is 9.78. The Kier molecular flexibility index (Phi) is 9.22. The largest absolute Gasteiger partial charge is 0.481 e. The maximum Gasteiger partial charge on any atom is 0.230 e. The van der Waals surface area contributed by atoms with Crippen LogP contribution in [-0.2, 0) is 22.4 Å². The number of methoxy groups -OCH3 is 2. The number of hydrogen-bond donors (Lipinski definition) is 2. The van der Waals surface area contributed by atoms with Gasteiger partial charge in [0.2, 0.25) is 23.6 Å². The highest BCUT2D eigenvalue weighted by Crippen LogP contribution is 2.40. The topological polar surface area (TPSA) is 154 Å². The molecule has 2 amide bonds. The van der Waals surface area contributed by atoms with Crippen LogP contribution in [0, 0.1) is 0 Å². The fourth-order valence-corrected chi connectivity index (χ4v) is 5.00. The van der Waals surface area contributed by atoms with Gasteiger partial charge in [0.1, 0.15) is 0 Å². The summed E-state index contributed by atoms with van der Waals surface area (Å²) < 4.78 is 10.1. The Morgan fingerprint density at radius 2 is 1.17 bits per heavy atom. The Balaban J connectivity index is 1.12. The van der Waals surface area contributed by atoms with Gasteiger partial charge in [-0.15, -0.1) is 10.2 Å². The van der Waals surface area contributed by atoms with Crippen LogP contribution >= 0.6 is 0 Å². The lowest BCUT2D eigenvalue weighted by Crippen LogP contribution is -2.18. The molecule has 42 heavy (non-hydrogen) atoms. The summed E-state index contributed by atoms with van der Waals surface area (Å²) in [6, 6.07) is 14.5. The molecule has 12 nitrogen and oxygen atoms in total. The molecule has 4 heterocycles. The second-order valence-electron chi connectivity index (χ2n) is 10.1. The molecule has 1 saturated carbocycles. The summed E-state index contributed by atoms with van der Waals surface area (Å²) in [5.41, 5.74) is 3.33. The van der Waals surface area contributed by atoms with Crippen LogP contribution in [-0.4, -0.2) is 56.4 Å². The van der Waals surface area contributed by atoms with E-state index in [0.29, 0.717) is 23.4 Å². The number of aromatic nitrogens is 6. The smallest absolute Gasteiger partial charge is 0.230 e. The molecule has 1 fully saturated rings. The quantitative estimate of drug-likeness (QED) is 0.288. The minimum absolute atomic E-state index is 0.175. The van der Waals surface area contributed by atoms with Crippen LogP contribution in [0.1, 0.15) is 60.0 Å². The predicted molar refractivity (Wildman–Crippen MR) is 154 cm³/mol. The maximum absolute atomic E-state index is 12.4. The van der Waals surface area contributed by atoms with E-state index in [-0.39, 0.29) is 36.5 Å². The summed E-state index contributed by atoms with van der Waals surface area (Å²) in [5, 5.41) is 22.9. The molecule has 0 aliphatic heterocycles. The number of amides is 2. The van der Waals surface area contributed by atoms with E-state index in [1.807, 2.05) is 12.1 Å². The average Bonchev–Trinajstić information content (AvgIpc) is 3.02. The number of nitrogens with zero attached hydrogens (tertiary/aromatic N) is 6. The number of carbonyl (C=O) groups excluding carboxylic acids is 2. The number of carbonyl (C=O) groups is 2. The summed E-state index contributed by atoms with van der Waals surface area (Å²) in [6.45, 7) is 0. The van der Waals surface area contributed by atoms with Crippen LogP contribution in [0.25, 0.3) is 0 Å². The first-order valence-electron chi connectivity index (χ1n) is 13.7. The van der Waals surface area contributed by atoms with E-state index in [9.17, 15) is 9.59 Å². The van der Waals surface area contributed by atoms with Crippen molar-refractivity contribution in [1.82, 2.24) is 30.4 Å². The highest BCUT2D eigenvalue weighted by atomic mass is 16.5. The van der Waals surface area contributed by atoms with Crippen LogP contribution in [0.15, 0.2) is 60.9 Å². The Hall–Kier alpha value is -5.00. The molecular formula is C30H32N8O4. The molecular weight excluding hydrogens is 536 g/mol. The van der Waals surface area contributed by atoms with Crippen molar-refractivity contribution < 1.29 is 19.1 Å². The van der Waals surface area contributed by atoms with Crippen LogP contribution < -0.4 is 20.1 Å². The number of nitrogens with one attached hydrogen (secondary N) is 2. The van der Waals surface area contributed by atoms with Gasteiger partial charge in [0, 0.05) is 36.4 Å².